The molecule has 6 heteroatoms. The van der Waals surface area contributed by atoms with Crippen molar-refractivity contribution in [1.29, 1.82) is 0 Å². The lowest BCUT2D eigenvalue weighted by Gasteiger charge is -2.24. The monoisotopic (exact) mass is 392 g/mol. The lowest BCUT2D eigenvalue weighted by atomic mass is 10.1. The molecule has 1 heterocycles. The molecule has 0 radical (unpaired) electrons. The van der Waals surface area contributed by atoms with E-state index in [9.17, 15) is 0 Å². The first-order valence-electron chi connectivity index (χ1n) is 7.92. The van der Waals surface area contributed by atoms with Crippen molar-refractivity contribution >= 4 is 49.0 Å². The fourth-order valence-electron chi connectivity index (χ4n) is 3.58. The minimum Gasteiger partial charge on any atom is -0.0540 e. The molecule has 0 saturated carbocycles. The number of nitrogens with zero attached hydrogens (tertiary/aromatic N) is 2. The summed E-state index contributed by atoms with van der Waals surface area (Å²) in [6, 6.07) is 8.91. The SMILES string of the molecule is Cc1cc(C)c(N2[P+](=S)N(c3c(C)cc(C)cc3C)[P+]2=S)c(C)c1. The van der Waals surface area contributed by atoms with Gasteiger partial charge >= 0.3 is 14.0 Å². The van der Waals surface area contributed by atoms with E-state index in [2.05, 4.69) is 74.7 Å². The van der Waals surface area contributed by atoms with Crippen LogP contribution in [0.25, 0.3) is 0 Å². The summed E-state index contributed by atoms with van der Waals surface area (Å²) < 4.78 is 4.64. The molecule has 1 fully saturated rings. The molecule has 0 unspecified atom stereocenters. The average molecular weight is 392 g/mol. The Balaban J connectivity index is 2.03. The first kappa shape index (κ1) is 17.9. The van der Waals surface area contributed by atoms with Crippen molar-refractivity contribution in [2.24, 2.45) is 0 Å². The van der Waals surface area contributed by atoms with Gasteiger partial charge in [0.1, 0.15) is 11.4 Å². The zero-order valence-electron chi connectivity index (χ0n) is 14.9. The third kappa shape index (κ3) is 2.80. The van der Waals surface area contributed by atoms with Gasteiger partial charge in [0.2, 0.25) is 23.6 Å². The minimum atomic E-state index is -0.846. The molecule has 2 nitrogen and oxygen atoms in total. The van der Waals surface area contributed by atoms with Crippen LogP contribution in [-0.2, 0) is 23.6 Å². The lowest BCUT2D eigenvalue weighted by Crippen LogP contribution is -2.31. The van der Waals surface area contributed by atoms with E-state index in [0.29, 0.717) is 0 Å². The molecule has 0 aliphatic carbocycles. The molecule has 0 amide bonds. The number of rotatable bonds is 2. The van der Waals surface area contributed by atoms with Crippen molar-refractivity contribution in [3.63, 3.8) is 0 Å². The maximum atomic E-state index is 5.92. The molecule has 0 atom stereocenters. The second kappa shape index (κ2) is 6.42. The van der Waals surface area contributed by atoms with E-state index in [1.54, 1.807) is 0 Å². The topological polar surface area (TPSA) is 6.48 Å². The maximum absolute atomic E-state index is 5.92. The molecular weight excluding hydrogens is 370 g/mol. The first-order valence-corrected chi connectivity index (χ1v) is 12.4. The van der Waals surface area contributed by atoms with Crippen LogP contribution < -0.4 is 8.88 Å². The molecular formula is C18H22N2P2S2+2. The summed E-state index contributed by atoms with van der Waals surface area (Å²) in [5.41, 5.74) is 10.2. The molecule has 2 aromatic carbocycles. The van der Waals surface area contributed by atoms with E-state index >= 15 is 0 Å². The first-order chi connectivity index (χ1) is 11.2. The van der Waals surface area contributed by atoms with Crippen molar-refractivity contribution in [2.75, 3.05) is 8.88 Å². The summed E-state index contributed by atoms with van der Waals surface area (Å²) in [5, 5.41) is 0. The normalized spacial score (nSPS) is 17.2. The van der Waals surface area contributed by atoms with Gasteiger partial charge in [-0.25, -0.2) is 0 Å². The largest absolute Gasteiger partial charge is 0.510 e. The third-order valence-corrected chi connectivity index (χ3v) is 11.9. The molecule has 0 spiro atoms. The van der Waals surface area contributed by atoms with Gasteiger partial charge in [0.25, 0.3) is 0 Å². The van der Waals surface area contributed by atoms with E-state index in [1.807, 2.05) is 0 Å². The van der Waals surface area contributed by atoms with Crippen LogP contribution in [0.2, 0.25) is 0 Å². The van der Waals surface area contributed by atoms with Crippen LogP contribution in [0.5, 0.6) is 0 Å². The zero-order valence-corrected chi connectivity index (χ0v) is 18.3. The number of anilines is 2. The molecule has 124 valence electrons. The predicted octanol–water partition coefficient (Wildman–Crippen LogP) is 6.41. The molecule has 1 aliphatic heterocycles. The smallest absolute Gasteiger partial charge is 0.0540 e. The Morgan fingerprint density at radius 2 is 0.833 bits per heavy atom. The molecule has 0 bridgehead atoms. The molecule has 2 aromatic rings. The summed E-state index contributed by atoms with van der Waals surface area (Å²) in [5.74, 6) is 0. The van der Waals surface area contributed by atoms with Gasteiger partial charge < -0.3 is 0 Å². The Kier molecular flexibility index (Phi) is 4.79. The van der Waals surface area contributed by atoms with Crippen LogP contribution >= 0.6 is 14.0 Å². The quantitative estimate of drug-likeness (QED) is 0.545. The summed E-state index contributed by atoms with van der Waals surface area (Å²) in [6.45, 7) is 11.2. The summed E-state index contributed by atoms with van der Waals surface area (Å²) in [6.07, 6.45) is 0. The Bertz CT molecular complexity index is 761. The van der Waals surface area contributed by atoms with Crippen LogP contribution in [0.4, 0.5) is 11.4 Å². The highest BCUT2D eigenvalue weighted by atomic mass is 32.5. The minimum absolute atomic E-state index is 0.846. The van der Waals surface area contributed by atoms with Crippen molar-refractivity contribution in [3.05, 3.63) is 57.6 Å². The van der Waals surface area contributed by atoms with Crippen LogP contribution in [0.15, 0.2) is 24.3 Å². The molecule has 0 aromatic heterocycles. The van der Waals surface area contributed by atoms with Crippen molar-refractivity contribution in [2.45, 2.75) is 41.5 Å². The molecule has 1 saturated heterocycles. The summed E-state index contributed by atoms with van der Waals surface area (Å²) in [7, 11) is 0. The number of benzene rings is 2. The standard InChI is InChI=1S/C18H22N2P2S2/c1-11-7-13(3)17(14(4)8-11)19-21(23)20(22(19)24)18-15(5)9-12(2)10-16(18)6/h7-10H,1-6H3/q+2. The van der Waals surface area contributed by atoms with Gasteiger partial charge in [-0.2, -0.15) is 0 Å². The number of hydrogen-bond donors (Lipinski definition) is 0. The second-order valence-electron chi connectivity index (χ2n) is 6.58. The van der Waals surface area contributed by atoms with Crippen LogP contribution in [0, 0.1) is 41.5 Å². The van der Waals surface area contributed by atoms with E-state index < -0.39 is 14.0 Å². The zero-order chi connectivity index (χ0) is 17.8. The number of hydrogen-bond acceptors (Lipinski definition) is 2. The average Bonchev–Trinajstić information content (AvgIpc) is 2.46. The maximum Gasteiger partial charge on any atom is 0.510 e. The van der Waals surface area contributed by atoms with Crippen molar-refractivity contribution < 1.29 is 0 Å². The number of aryl methyl sites for hydroxylation is 6. The predicted molar refractivity (Wildman–Crippen MR) is 115 cm³/mol. The molecule has 0 N–H and O–H groups in total. The van der Waals surface area contributed by atoms with E-state index in [4.69, 9.17) is 23.6 Å². The van der Waals surface area contributed by atoms with Crippen molar-refractivity contribution in [3.8, 4) is 0 Å². The van der Waals surface area contributed by atoms with Crippen LogP contribution in [0.3, 0.4) is 0 Å². The lowest BCUT2D eigenvalue weighted by molar-refractivity contribution is 1.27. The fourth-order valence-corrected chi connectivity index (χ4v) is 11.6. The Morgan fingerprint density at radius 3 is 1.08 bits per heavy atom. The summed E-state index contributed by atoms with van der Waals surface area (Å²) in [4.78, 5) is 0. The van der Waals surface area contributed by atoms with Gasteiger partial charge in [0.05, 0.1) is 8.88 Å². The van der Waals surface area contributed by atoms with Crippen molar-refractivity contribution in [1.82, 2.24) is 0 Å². The molecule has 24 heavy (non-hydrogen) atoms. The van der Waals surface area contributed by atoms with Gasteiger partial charge in [-0.3, -0.25) is 0 Å². The van der Waals surface area contributed by atoms with Gasteiger partial charge in [-0.1, -0.05) is 35.4 Å². The molecule has 3 rings (SSSR count). The van der Waals surface area contributed by atoms with Gasteiger partial charge in [-0.05, 0) is 63.8 Å². The highest BCUT2D eigenvalue weighted by Crippen LogP contribution is 2.69. The Labute approximate surface area is 156 Å². The van der Waals surface area contributed by atoms with Gasteiger partial charge in [0.15, 0.2) is 0 Å². The second-order valence-corrected chi connectivity index (χ2v) is 11.8. The third-order valence-electron chi connectivity index (χ3n) is 4.32. The van der Waals surface area contributed by atoms with Crippen LogP contribution in [-0.4, -0.2) is 0 Å². The highest BCUT2D eigenvalue weighted by molar-refractivity contribution is 8.26. The Morgan fingerprint density at radius 1 is 0.583 bits per heavy atom. The van der Waals surface area contributed by atoms with E-state index in [0.717, 1.165) is 0 Å². The van der Waals surface area contributed by atoms with Gasteiger partial charge in [0, 0.05) is 0 Å². The van der Waals surface area contributed by atoms with Gasteiger partial charge in [-0.15, -0.1) is 0 Å². The Hall–Kier alpha value is -0.920. The van der Waals surface area contributed by atoms with E-state index in [1.165, 1.54) is 44.8 Å². The fraction of sp³-hybridized carbons (Fsp3) is 0.333. The summed E-state index contributed by atoms with van der Waals surface area (Å²) >= 11 is 11.8. The van der Waals surface area contributed by atoms with Crippen LogP contribution in [0.1, 0.15) is 33.4 Å². The highest BCUT2D eigenvalue weighted by Gasteiger charge is 2.66. The molecule has 1 aliphatic rings. The van der Waals surface area contributed by atoms with E-state index in [-0.39, 0.29) is 0 Å².